The summed E-state index contributed by atoms with van der Waals surface area (Å²) in [6.45, 7) is 8.63. The maximum absolute atomic E-state index is 12.1. The number of carbonyl (C=O) groups is 1. The maximum atomic E-state index is 12.1. The lowest BCUT2D eigenvalue weighted by atomic mass is 9.84. The topological polar surface area (TPSA) is 54.0 Å². The number of halogens is 1. The molecule has 21 heavy (non-hydrogen) atoms. The van der Waals surface area contributed by atoms with Crippen molar-refractivity contribution in [3.05, 3.63) is 11.1 Å². The number of thiazole rings is 1. The number of anilines is 1. The van der Waals surface area contributed by atoms with Gasteiger partial charge in [0.05, 0.1) is 0 Å². The minimum atomic E-state index is 0. The van der Waals surface area contributed by atoms with Gasteiger partial charge in [0.15, 0.2) is 5.13 Å². The molecule has 1 aromatic rings. The lowest BCUT2D eigenvalue weighted by Crippen LogP contribution is -2.32. The van der Waals surface area contributed by atoms with Crippen molar-refractivity contribution in [2.75, 3.05) is 18.4 Å². The van der Waals surface area contributed by atoms with Crippen LogP contribution in [-0.4, -0.2) is 24.0 Å². The van der Waals surface area contributed by atoms with Crippen LogP contribution in [0.5, 0.6) is 0 Å². The van der Waals surface area contributed by atoms with Gasteiger partial charge < -0.3 is 10.6 Å². The highest BCUT2D eigenvalue weighted by atomic mass is 35.5. The first-order valence-corrected chi connectivity index (χ1v) is 8.34. The Morgan fingerprint density at radius 3 is 2.67 bits per heavy atom. The van der Waals surface area contributed by atoms with Crippen molar-refractivity contribution in [2.45, 2.75) is 46.0 Å². The summed E-state index contributed by atoms with van der Waals surface area (Å²) in [6, 6.07) is 0. The van der Waals surface area contributed by atoms with Crippen LogP contribution in [0, 0.1) is 11.8 Å². The smallest absolute Gasteiger partial charge is 0.226 e. The summed E-state index contributed by atoms with van der Waals surface area (Å²) in [7, 11) is 0. The molecule has 2 N–H and O–H groups in total. The van der Waals surface area contributed by atoms with Crippen molar-refractivity contribution in [3.63, 3.8) is 0 Å². The van der Waals surface area contributed by atoms with Gasteiger partial charge >= 0.3 is 0 Å². The standard InChI is InChI=1S/C15H25N3OS.ClH/c1-10(2)13-9-17-15(20-13)18-14(19)8-11(3)12-4-6-16-7-5-12;/h9-12,16H,4-8H2,1-3H3,(H,17,18,19);1H. The number of piperidine rings is 1. The number of carbonyl (C=O) groups excluding carboxylic acids is 1. The minimum Gasteiger partial charge on any atom is -0.317 e. The zero-order chi connectivity index (χ0) is 14.5. The Bertz CT molecular complexity index is 444. The van der Waals surface area contributed by atoms with E-state index in [0.717, 1.165) is 18.2 Å². The van der Waals surface area contributed by atoms with Crippen molar-refractivity contribution >= 4 is 34.8 Å². The molecule has 120 valence electrons. The summed E-state index contributed by atoms with van der Waals surface area (Å²) in [5.41, 5.74) is 0. The summed E-state index contributed by atoms with van der Waals surface area (Å²) in [6.07, 6.45) is 4.83. The van der Waals surface area contributed by atoms with Crippen LogP contribution in [0.2, 0.25) is 0 Å². The van der Waals surface area contributed by atoms with E-state index in [-0.39, 0.29) is 18.3 Å². The van der Waals surface area contributed by atoms with Crippen molar-refractivity contribution < 1.29 is 4.79 Å². The maximum Gasteiger partial charge on any atom is 0.226 e. The van der Waals surface area contributed by atoms with Crippen molar-refractivity contribution in [3.8, 4) is 0 Å². The second-order valence-electron chi connectivity index (χ2n) is 6.04. The predicted octanol–water partition coefficient (Wildman–Crippen LogP) is 3.65. The van der Waals surface area contributed by atoms with Gasteiger partial charge in [0.2, 0.25) is 5.91 Å². The molecule has 1 atom stereocenters. The predicted molar refractivity (Wildman–Crippen MR) is 91.5 cm³/mol. The van der Waals surface area contributed by atoms with E-state index in [1.54, 1.807) is 11.3 Å². The highest BCUT2D eigenvalue weighted by Crippen LogP contribution is 2.27. The molecular formula is C15H26ClN3OS. The molecule has 2 rings (SSSR count). The largest absolute Gasteiger partial charge is 0.317 e. The van der Waals surface area contributed by atoms with E-state index in [1.807, 2.05) is 6.20 Å². The Labute approximate surface area is 137 Å². The molecule has 1 amide bonds. The Hall–Kier alpha value is -0.650. The van der Waals surface area contributed by atoms with E-state index >= 15 is 0 Å². The number of hydrogen-bond acceptors (Lipinski definition) is 4. The average molecular weight is 332 g/mol. The van der Waals surface area contributed by atoms with Gasteiger partial charge in [0, 0.05) is 17.5 Å². The molecule has 0 radical (unpaired) electrons. The van der Waals surface area contributed by atoms with E-state index in [2.05, 4.69) is 36.4 Å². The van der Waals surface area contributed by atoms with E-state index < -0.39 is 0 Å². The third kappa shape index (κ3) is 5.57. The second-order valence-corrected chi connectivity index (χ2v) is 7.10. The molecule has 0 spiro atoms. The van der Waals surface area contributed by atoms with E-state index in [0.29, 0.717) is 24.2 Å². The molecular weight excluding hydrogens is 306 g/mol. The number of rotatable bonds is 5. The van der Waals surface area contributed by atoms with Crippen LogP contribution in [-0.2, 0) is 4.79 Å². The second kappa shape index (κ2) is 8.71. The van der Waals surface area contributed by atoms with Gasteiger partial charge in [-0.1, -0.05) is 20.8 Å². The number of aromatic nitrogens is 1. The first kappa shape index (κ1) is 18.4. The Kier molecular flexibility index (Phi) is 7.63. The SMILES string of the molecule is CC(C)c1cnc(NC(=O)CC(C)C2CCNCC2)s1.Cl. The molecule has 1 saturated heterocycles. The van der Waals surface area contributed by atoms with Crippen LogP contribution in [0.15, 0.2) is 6.20 Å². The molecule has 0 aromatic carbocycles. The molecule has 1 aliphatic rings. The van der Waals surface area contributed by atoms with Crippen LogP contribution >= 0.6 is 23.7 Å². The first-order valence-electron chi connectivity index (χ1n) is 7.52. The lowest BCUT2D eigenvalue weighted by Gasteiger charge is -2.27. The summed E-state index contributed by atoms with van der Waals surface area (Å²) < 4.78 is 0. The van der Waals surface area contributed by atoms with Crippen LogP contribution in [0.4, 0.5) is 5.13 Å². The summed E-state index contributed by atoms with van der Waals surface area (Å²) in [5, 5.41) is 7.04. The van der Waals surface area contributed by atoms with Gasteiger partial charge in [-0.05, 0) is 43.7 Å². The molecule has 0 saturated carbocycles. The van der Waals surface area contributed by atoms with Gasteiger partial charge in [-0.15, -0.1) is 23.7 Å². The van der Waals surface area contributed by atoms with Gasteiger partial charge in [0.25, 0.3) is 0 Å². The van der Waals surface area contributed by atoms with Gasteiger partial charge in [-0.25, -0.2) is 4.98 Å². The van der Waals surface area contributed by atoms with Crippen LogP contribution < -0.4 is 10.6 Å². The Morgan fingerprint density at radius 2 is 2.10 bits per heavy atom. The fraction of sp³-hybridized carbons (Fsp3) is 0.733. The lowest BCUT2D eigenvalue weighted by molar-refractivity contribution is -0.117. The van der Waals surface area contributed by atoms with Crippen LogP contribution in [0.25, 0.3) is 0 Å². The average Bonchev–Trinajstić information content (AvgIpc) is 2.88. The molecule has 2 heterocycles. The summed E-state index contributed by atoms with van der Waals surface area (Å²) in [5.74, 6) is 1.68. The number of nitrogens with zero attached hydrogens (tertiary/aromatic N) is 1. The van der Waals surface area contributed by atoms with Crippen LogP contribution in [0.3, 0.4) is 0 Å². The monoisotopic (exact) mass is 331 g/mol. The number of amides is 1. The first-order chi connectivity index (χ1) is 9.56. The molecule has 4 nitrogen and oxygen atoms in total. The Balaban J connectivity index is 0.00000220. The minimum absolute atomic E-state index is 0. The zero-order valence-corrected chi connectivity index (χ0v) is 14.6. The molecule has 0 aliphatic carbocycles. The highest BCUT2D eigenvalue weighted by molar-refractivity contribution is 7.15. The normalized spacial score (nSPS) is 17.3. The fourth-order valence-electron chi connectivity index (χ4n) is 2.65. The van der Waals surface area contributed by atoms with Gasteiger partial charge in [-0.3, -0.25) is 4.79 Å². The summed E-state index contributed by atoms with van der Waals surface area (Å²) >= 11 is 1.58. The number of nitrogens with one attached hydrogen (secondary N) is 2. The molecule has 0 bridgehead atoms. The quantitative estimate of drug-likeness (QED) is 0.865. The zero-order valence-electron chi connectivity index (χ0n) is 13.0. The van der Waals surface area contributed by atoms with E-state index in [1.165, 1.54) is 17.7 Å². The van der Waals surface area contributed by atoms with E-state index in [9.17, 15) is 4.79 Å². The van der Waals surface area contributed by atoms with Gasteiger partial charge in [-0.2, -0.15) is 0 Å². The molecule has 1 unspecified atom stereocenters. The molecule has 6 heteroatoms. The fourth-order valence-corrected chi connectivity index (χ4v) is 3.49. The third-order valence-corrected chi connectivity index (χ3v) is 5.25. The van der Waals surface area contributed by atoms with E-state index in [4.69, 9.17) is 0 Å². The summed E-state index contributed by atoms with van der Waals surface area (Å²) in [4.78, 5) is 17.6. The molecule has 1 aromatic heterocycles. The number of hydrogen-bond donors (Lipinski definition) is 2. The molecule has 1 aliphatic heterocycles. The van der Waals surface area contributed by atoms with Crippen molar-refractivity contribution in [1.29, 1.82) is 0 Å². The third-order valence-electron chi connectivity index (χ3n) is 4.03. The van der Waals surface area contributed by atoms with Crippen molar-refractivity contribution in [2.24, 2.45) is 11.8 Å². The molecule has 1 fully saturated rings. The van der Waals surface area contributed by atoms with Crippen LogP contribution in [0.1, 0.15) is 50.8 Å². The highest BCUT2D eigenvalue weighted by Gasteiger charge is 2.22. The van der Waals surface area contributed by atoms with Gasteiger partial charge in [0.1, 0.15) is 0 Å². The van der Waals surface area contributed by atoms with Crippen molar-refractivity contribution in [1.82, 2.24) is 10.3 Å². The Morgan fingerprint density at radius 1 is 1.43 bits per heavy atom.